The van der Waals surface area contributed by atoms with Crippen LogP contribution >= 0.6 is 0 Å². The molecule has 1 aliphatic heterocycles. The predicted molar refractivity (Wildman–Crippen MR) is 64.5 cm³/mol. The normalized spacial score (nSPS) is 19.4. The zero-order valence-electron chi connectivity index (χ0n) is 10.00. The lowest BCUT2D eigenvalue weighted by atomic mass is 9.95. The maximum absolute atomic E-state index is 5.49. The average molecular weight is 212 g/mol. The SMILES string of the molecule is CCCN=C(NN)N1CCC(CC)CC1. The molecule has 1 rings (SSSR count). The Kier molecular flexibility index (Phi) is 5.47. The minimum absolute atomic E-state index is 0.854. The lowest BCUT2D eigenvalue weighted by Crippen LogP contribution is -2.48. The first-order valence-corrected chi connectivity index (χ1v) is 6.07. The molecular formula is C11H24N4. The van der Waals surface area contributed by atoms with Crippen LogP contribution in [0.4, 0.5) is 0 Å². The number of nitrogens with one attached hydrogen (secondary N) is 1. The molecule has 0 saturated carbocycles. The van der Waals surface area contributed by atoms with Crippen molar-refractivity contribution in [2.45, 2.75) is 39.5 Å². The monoisotopic (exact) mass is 212 g/mol. The fourth-order valence-corrected chi connectivity index (χ4v) is 2.01. The summed E-state index contributed by atoms with van der Waals surface area (Å²) in [7, 11) is 0. The topological polar surface area (TPSA) is 53.6 Å². The molecule has 4 heteroatoms. The van der Waals surface area contributed by atoms with Gasteiger partial charge in [0, 0.05) is 19.6 Å². The Morgan fingerprint density at radius 2 is 2.07 bits per heavy atom. The molecule has 1 aliphatic rings. The van der Waals surface area contributed by atoms with E-state index in [1.54, 1.807) is 0 Å². The summed E-state index contributed by atoms with van der Waals surface area (Å²) >= 11 is 0. The van der Waals surface area contributed by atoms with Crippen LogP contribution < -0.4 is 11.3 Å². The molecule has 0 spiro atoms. The van der Waals surface area contributed by atoms with Crippen molar-refractivity contribution in [2.75, 3.05) is 19.6 Å². The highest BCUT2D eigenvalue weighted by Crippen LogP contribution is 2.19. The van der Waals surface area contributed by atoms with E-state index in [2.05, 4.69) is 29.2 Å². The van der Waals surface area contributed by atoms with E-state index >= 15 is 0 Å². The summed E-state index contributed by atoms with van der Waals surface area (Å²) in [5, 5.41) is 0. The molecule has 0 aromatic carbocycles. The van der Waals surface area contributed by atoms with Crippen molar-refractivity contribution in [1.29, 1.82) is 0 Å². The lowest BCUT2D eigenvalue weighted by molar-refractivity contribution is 0.255. The molecule has 0 aliphatic carbocycles. The fourth-order valence-electron chi connectivity index (χ4n) is 2.01. The molecular weight excluding hydrogens is 188 g/mol. The van der Waals surface area contributed by atoms with E-state index in [1.807, 2.05) is 0 Å². The minimum Gasteiger partial charge on any atom is -0.342 e. The molecule has 4 nitrogen and oxygen atoms in total. The standard InChI is InChI=1S/C11H24N4/c1-3-7-13-11(14-12)15-8-5-10(4-2)6-9-15/h10H,3-9,12H2,1-2H3,(H,13,14). The van der Waals surface area contributed by atoms with E-state index < -0.39 is 0 Å². The molecule has 0 aromatic rings. The van der Waals surface area contributed by atoms with Crippen LogP contribution in [0, 0.1) is 5.92 Å². The minimum atomic E-state index is 0.854. The second kappa shape index (κ2) is 6.67. The van der Waals surface area contributed by atoms with Crippen LogP contribution in [0.15, 0.2) is 4.99 Å². The van der Waals surface area contributed by atoms with Crippen LogP contribution in [-0.4, -0.2) is 30.5 Å². The van der Waals surface area contributed by atoms with Gasteiger partial charge in [0.05, 0.1) is 0 Å². The Morgan fingerprint density at radius 1 is 1.40 bits per heavy atom. The number of rotatable bonds is 3. The Labute approximate surface area is 92.9 Å². The van der Waals surface area contributed by atoms with Gasteiger partial charge in [-0.15, -0.1) is 0 Å². The van der Waals surface area contributed by atoms with E-state index in [4.69, 9.17) is 5.84 Å². The average Bonchev–Trinajstić information content (AvgIpc) is 2.31. The first-order chi connectivity index (χ1) is 7.31. The lowest BCUT2D eigenvalue weighted by Gasteiger charge is -2.33. The third kappa shape index (κ3) is 3.70. The summed E-state index contributed by atoms with van der Waals surface area (Å²) in [5.41, 5.74) is 2.72. The van der Waals surface area contributed by atoms with E-state index in [1.165, 1.54) is 19.3 Å². The predicted octanol–water partition coefficient (Wildman–Crippen LogP) is 1.34. The van der Waals surface area contributed by atoms with E-state index in [-0.39, 0.29) is 0 Å². The van der Waals surface area contributed by atoms with Crippen molar-refractivity contribution in [3.05, 3.63) is 0 Å². The number of nitrogens with two attached hydrogens (primary N) is 1. The van der Waals surface area contributed by atoms with Crippen molar-refractivity contribution in [2.24, 2.45) is 16.8 Å². The molecule has 0 bridgehead atoms. The number of hydrazine groups is 1. The van der Waals surface area contributed by atoms with Gasteiger partial charge in [0.1, 0.15) is 0 Å². The van der Waals surface area contributed by atoms with Gasteiger partial charge in [0.15, 0.2) is 0 Å². The smallest absolute Gasteiger partial charge is 0.208 e. The van der Waals surface area contributed by atoms with Gasteiger partial charge in [-0.2, -0.15) is 0 Å². The largest absolute Gasteiger partial charge is 0.342 e. The molecule has 0 unspecified atom stereocenters. The number of aliphatic imine (C=N–C) groups is 1. The summed E-state index contributed by atoms with van der Waals surface area (Å²) < 4.78 is 0. The van der Waals surface area contributed by atoms with Gasteiger partial charge < -0.3 is 4.90 Å². The first kappa shape index (κ1) is 12.3. The molecule has 15 heavy (non-hydrogen) atoms. The van der Waals surface area contributed by atoms with E-state index in [9.17, 15) is 0 Å². The highest BCUT2D eigenvalue weighted by Gasteiger charge is 2.19. The summed E-state index contributed by atoms with van der Waals surface area (Å²) in [4.78, 5) is 6.71. The fraction of sp³-hybridized carbons (Fsp3) is 0.909. The highest BCUT2D eigenvalue weighted by molar-refractivity contribution is 5.79. The van der Waals surface area contributed by atoms with Crippen molar-refractivity contribution in [3.63, 3.8) is 0 Å². The second-order valence-electron chi connectivity index (χ2n) is 4.19. The zero-order valence-corrected chi connectivity index (χ0v) is 10.00. The van der Waals surface area contributed by atoms with Crippen LogP contribution in [0.2, 0.25) is 0 Å². The van der Waals surface area contributed by atoms with Crippen molar-refractivity contribution in [3.8, 4) is 0 Å². The third-order valence-corrected chi connectivity index (χ3v) is 3.11. The third-order valence-electron chi connectivity index (χ3n) is 3.11. The van der Waals surface area contributed by atoms with Gasteiger partial charge in [-0.3, -0.25) is 10.4 Å². The molecule has 1 saturated heterocycles. The van der Waals surface area contributed by atoms with Gasteiger partial charge in [-0.25, -0.2) is 5.84 Å². The van der Waals surface area contributed by atoms with E-state index in [0.29, 0.717) is 0 Å². The molecule has 0 aromatic heterocycles. The molecule has 1 fully saturated rings. The van der Waals surface area contributed by atoms with Crippen LogP contribution in [0.25, 0.3) is 0 Å². The maximum Gasteiger partial charge on any atom is 0.208 e. The Balaban J connectivity index is 2.42. The first-order valence-electron chi connectivity index (χ1n) is 6.07. The van der Waals surface area contributed by atoms with Gasteiger partial charge >= 0.3 is 0 Å². The molecule has 88 valence electrons. The van der Waals surface area contributed by atoms with Crippen LogP contribution in [0.1, 0.15) is 39.5 Å². The number of nitrogens with zero attached hydrogens (tertiary/aromatic N) is 2. The van der Waals surface area contributed by atoms with Gasteiger partial charge in [0.25, 0.3) is 0 Å². The summed E-state index contributed by atoms with van der Waals surface area (Å²) in [6.45, 7) is 7.43. The number of piperidine rings is 1. The maximum atomic E-state index is 5.49. The van der Waals surface area contributed by atoms with Crippen LogP contribution in [0.5, 0.6) is 0 Å². The summed E-state index contributed by atoms with van der Waals surface area (Å²) in [5.74, 6) is 7.25. The van der Waals surface area contributed by atoms with Crippen molar-refractivity contribution in [1.82, 2.24) is 10.3 Å². The molecule has 1 heterocycles. The van der Waals surface area contributed by atoms with Crippen molar-refractivity contribution < 1.29 is 0 Å². The number of hydrogen-bond donors (Lipinski definition) is 2. The van der Waals surface area contributed by atoms with Gasteiger partial charge in [-0.05, 0) is 25.2 Å². The Hall–Kier alpha value is -0.770. The van der Waals surface area contributed by atoms with Crippen LogP contribution in [0.3, 0.4) is 0 Å². The zero-order chi connectivity index (χ0) is 11.1. The molecule has 3 N–H and O–H groups in total. The summed E-state index contributed by atoms with van der Waals surface area (Å²) in [6, 6.07) is 0. The number of guanidine groups is 1. The van der Waals surface area contributed by atoms with Gasteiger partial charge in [-0.1, -0.05) is 20.3 Å². The molecule has 0 amide bonds. The van der Waals surface area contributed by atoms with Crippen LogP contribution in [-0.2, 0) is 0 Å². The number of hydrogen-bond acceptors (Lipinski definition) is 2. The Morgan fingerprint density at radius 3 is 2.53 bits per heavy atom. The molecule has 0 radical (unpaired) electrons. The summed E-state index contributed by atoms with van der Waals surface area (Å²) in [6.07, 6.45) is 4.90. The number of likely N-dealkylation sites (tertiary alicyclic amines) is 1. The van der Waals surface area contributed by atoms with Gasteiger partial charge in [0.2, 0.25) is 5.96 Å². The highest BCUT2D eigenvalue weighted by atomic mass is 15.4. The Bertz CT molecular complexity index is 195. The quantitative estimate of drug-likeness (QED) is 0.321. The van der Waals surface area contributed by atoms with E-state index in [0.717, 1.165) is 37.9 Å². The molecule has 0 atom stereocenters. The second-order valence-corrected chi connectivity index (χ2v) is 4.19. The van der Waals surface area contributed by atoms with Crippen molar-refractivity contribution >= 4 is 5.96 Å².